The SMILES string of the molecule is O=C(Nc1cnccn1)[C@H]1Cc2ccccc2CN1. The summed E-state index contributed by atoms with van der Waals surface area (Å²) in [5.41, 5.74) is 2.48. The van der Waals surface area contributed by atoms with E-state index in [1.807, 2.05) is 12.1 Å². The van der Waals surface area contributed by atoms with Crippen LogP contribution in [0.3, 0.4) is 0 Å². The Morgan fingerprint density at radius 3 is 2.89 bits per heavy atom. The van der Waals surface area contributed by atoms with Gasteiger partial charge in [0.15, 0.2) is 5.82 Å². The third-order valence-electron chi connectivity index (χ3n) is 3.21. The predicted octanol–water partition coefficient (Wildman–Crippen LogP) is 1.13. The quantitative estimate of drug-likeness (QED) is 0.843. The fourth-order valence-electron chi connectivity index (χ4n) is 2.22. The van der Waals surface area contributed by atoms with Crippen LogP contribution in [-0.4, -0.2) is 21.9 Å². The highest BCUT2D eigenvalue weighted by molar-refractivity contribution is 5.94. The van der Waals surface area contributed by atoms with Gasteiger partial charge in [0.05, 0.1) is 12.2 Å². The van der Waals surface area contributed by atoms with Crippen LogP contribution in [0, 0.1) is 0 Å². The molecule has 0 spiro atoms. The van der Waals surface area contributed by atoms with Crippen LogP contribution in [0.5, 0.6) is 0 Å². The van der Waals surface area contributed by atoms with E-state index in [1.165, 1.54) is 17.3 Å². The summed E-state index contributed by atoms with van der Waals surface area (Å²) >= 11 is 0. The molecule has 1 aromatic carbocycles. The van der Waals surface area contributed by atoms with Gasteiger partial charge in [0.25, 0.3) is 0 Å². The van der Waals surface area contributed by atoms with Crippen LogP contribution >= 0.6 is 0 Å². The lowest BCUT2D eigenvalue weighted by Crippen LogP contribution is -2.44. The summed E-state index contributed by atoms with van der Waals surface area (Å²) in [5, 5.41) is 6.00. The molecular weight excluding hydrogens is 240 g/mol. The molecule has 0 aliphatic carbocycles. The standard InChI is InChI=1S/C14H14N4O/c19-14(18-13-9-15-5-6-16-13)12-7-10-3-1-2-4-11(10)8-17-12/h1-6,9,12,17H,7-8H2,(H,16,18,19)/t12-/m1/s1. The molecule has 0 saturated carbocycles. The van der Waals surface area contributed by atoms with Crippen LogP contribution in [0.2, 0.25) is 0 Å². The highest BCUT2D eigenvalue weighted by atomic mass is 16.2. The molecule has 1 aromatic heterocycles. The number of carbonyl (C=O) groups excluding carboxylic acids is 1. The van der Waals surface area contributed by atoms with Crippen molar-refractivity contribution in [1.29, 1.82) is 0 Å². The number of rotatable bonds is 2. The van der Waals surface area contributed by atoms with Gasteiger partial charge >= 0.3 is 0 Å². The molecule has 1 aliphatic rings. The molecule has 0 fully saturated rings. The monoisotopic (exact) mass is 254 g/mol. The van der Waals surface area contributed by atoms with Crippen molar-refractivity contribution in [2.24, 2.45) is 0 Å². The van der Waals surface area contributed by atoms with Crippen molar-refractivity contribution < 1.29 is 4.79 Å². The zero-order chi connectivity index (χ0) is 13.1. The molecule has 96 valence electrons. The van der Waals surface area contributed by atoms with Crippen LogP contribution in [0.15, 0.2) is 42.9 Å². The number of carbonyl (C=O) groups is 1. The first-order valence-electron chi connectivity index (χ1n) is 6.20. The predicted molar refractivity (Wildman–Crippen MR) is 71.4 cm³/mol. The third kappa shape index (κ3) is 2.61. The van der Waals surface area contributed by atoms with Crippen molar-refractivity contribution >= 4 is 11.7 Å². The first-order valence-corrected chi connectivity index (χ1v) is 6.20. The van der Waals surface area contributed by atoms with Gasteiger partial charge < -0.3 is 10.6 Å². The normalized spacial score (nSPS) is 17.6. The Hall–Kier alpha value is -2.27. The smallest absolute Gasteiger partial charge is 0.243 e. The maximum atomic E-state index is 12.1. The van der Waals surface area contributed by atoms with Gasteiger partial charge in [-0.05, 0) is 17.5 Å². The average Bonchev–Trinajstić information content (AvgIpc) is 2.48. The summed E-state index contributed by atoms with van der Waals surface area (Å²) in [6.07, 6.45) is 5.36. The van der Waals surface area contributed by atoms with Gasteiger partial charge in [-0.25, -0.2) is 4.98 Å². The number of amides is 1. The van der Waals surface area contributed by atoms with E-state index in [0.29, 0.717) is 18.8 Å². The minimum absolute atomic E-state index is 0.0741. The minimum atomic E-state index is -0.225. The number of hydrogen-bond donors (Lipinski definition) is 2. The summed E-state index contributed by atoms with van der Waals surface area (Å²) in [5.74, 6) is 0.406. The Morgan fingerprint density at radius 2 is 2.11 bits per heavy atom. The molecule has 3 rings (SSSR count). The van der Waals surface area contributed by atoms with E-state index in [9.17, 15) is 4.79 Å². The largest absolute Gasteiger partial charge is 0.308 e. The fourth-order valence-corrected chi connectivity index (χ4v) is 2.22. The highest BCUT2D eigenvalue weighted by Gasteiger charge is 2.23. The molecule has 5 nitrogen and oxygen atoms in total. The molecule has 2 N–H and O–H groups in total. The average molecular weight is 254 g/mol. The van der Waals surface area contributed by atoms with E-state index in [4.69, 9.17) is 0 Å². The van der Waals surface area contributed by atoms with E-state index < -0.39 is 0 Å². The Labute approximate surface area is 111 Å². The zero-order valence-corrected chi connectivity index (χ0v) is 10.3. The second kappa shape index (κ2) is 5.16. The van der Waals surface area contributed by atoms with Gasteiger partial charge in [-0.1, -0.05) is 24.3 Å². The fraction of sp³-hybridized carbons (Fsp3) is 0.214. The van der Waals surface area contributed by atoms with Crippen LogP contribution in [0.1, 0.15) is 11.1 Å². The van der Waals surface area contributed by atoms with Gasteiger partial charge in [0.1, 0.15) is 0 Å². The van der Waals surface area contributed by atoms with Crippen molar-refractivity contribution in [2.75, 3.05) is 5.32 Å². The number of aromatic nitrogens is 2. The first kappa shape index (κ1) is 11.8. The molecule has 1 amide bonds. The van der Waals surface area contributed by atoms with Gasteiger partial charge in [0, 0.05) is 18.9 Å². The van der Waals surface area contributed by atoms with Crippen LogP contribution in [0.25, 0.3) is 0 Å². The summed E-state index contributed by atoms with van der Waals surface area (Å²) in [7, 11) is 0. The molecular formula is C14H14N4O. The van der Waals surface area contributed by atoms with E-state index in [0.717, 1.165) is 0 Å². The third-order valence-corrected chi connectivity index (χ3v) is 3.21. The lowest BCUT2D eigenvalue weighted by Gasteiger charge is -2.25. The van der Waals surface area contributed by atoms with Crippen LogP contribution < -0.4 is 10.6 Å². The number of fused-ring (bicyclic) bond motifs is 1. The van der Waals surface area contributed by atoms with Crippen LogP contribution in [-0.2, 0) is 17.8 Å². The molecule has 0 unspecified atom stereocenters. The topological polar surface area (TPSA) is 66.9 Å². The number of hydrogen-bond acceptors (Lipinski definition) is 4. The van der Waals surface area contributed by atoms with Gasteiger partial charge in [-0.15, -0.1) is 0 Å². The minimum Gasteiger partial charge on any atom is -0.308 e. The Morgan fingerprint density at radius 1 is 1.26 bits per heavy atom. The first-order chi connectivity index (χ1) is 9.33. The lowest BCUT2D eigenvalue weighted by atomic mass is 9.95. The van der Waals surface area contributed by atoms with Gasteiger partial charge in [0.2, 0.25) is 5.91 Å². The Bertz CT molecular complexity index is 585. The summed E-state index contributed by atoms with van der Waals surface area (Å²) < 4.78 is 0. The molecule has 2 aromatic rings. The van der Waals surface area contributed by atoms with Gasteiger partial charge in [-0.3, -0.25) is 9.78 Å². The molecule has 5 heteroatoms. The van der Waals surface area contributed by atoms with Gasteiger partial charge in [-0.2, -0.15) is 0 Å². The zero-order valence-electron chi connectivity index (χ0n) is 10.3. The van der Waals surface area contributed by atoms with Crippen molar-refractivity contribution in [3.63, 3.8) is 0 Å². The number of benzene rings is 1. The lowest BCUT2D eigenvalue weighted by molar-refractivity contribution is -0.118. The maximum absolute atomic E-state index is 12.1. The van der Waals surface area contributed by atoms with E-state index in [-0.39, 0.29) is 11.9 Å². The Balaban J connectivity index is 1.70. The van der Waals surface area contributed by atoms with E-state index in [1.54, 1.807) is 12.4 Å². The molecule has 19 heavy (non-hydrogen) atoms. The Kier molecular flexibility index (Phi) is 3.20. The number of nitrogens with one attached hydrogen (secondary N) is 2. The molecule has 0 saturated heterocycles. The van der Waals surface area contributed by atoms with Crippen molar-refractivity contribution in [2.45, 2.75) is 19.0 Å². The van der Waals surface area contributed by atoms with E-state index in [2.05, 4.69) is 32.7 Å². The molecule has 1 aliphatic heterocycles. The molecule has 1 atom stereocenters. The van der Waals surface area contributed by atoms with E-state index >= 15 is 0 Å². The summed E-state index contributed by atoms with van der Waals surface area (Å²) in [6, 6.07) is 7.94. The van der Waals surface area contributed by atoms with Crippen molar-refractivity contribution in [3.8, 4) is 0 Å². The summed E-state index contributed by atoms with van der Waals surface area (Å²) in [4.78, 5) is 20.1. The second-order valence-electron chi connectivity index (χ2n) is 4.49. The van der Waals surface area contributed by atoms with Crippen molar-refractivity contribution in [1.82, 2.24) is 15.3 Å². The summed E-state index contributed by atoms with van der Waals surface area (Å²) in [6.45, 7) is 0.717. The van der Waals surface area contributed by atoms with Crippen molar-refractivity contribution in [3.05, 3.63) is 54.0 Å². The number of anilines is 1. The highest BCUT2D eigenvalue weighted by Crippen LogP contribution is 2.16. The molecule has 2 heterocycles. The molecule has 0 bridgehead atoms. The second-order valence-corrected chi connectivity index (χ2v) is 4.49. The maximum Gasteiger partial charge on any atom is 0.243 e. The molecule has 0 radical (unpaired) electrons. The number of nitrogens with zero attached hydrogens (tertiary/aromatic N) is 2. The van der Waals surface area contributed by atoms with Crippen LogP contribution in [0.4, 0.5) is 5.82 Å².